The predicted molar refractivity (Wildman–Crippen MR) is 53.3 cm³/mol. The molecule has 1 aromatic rings. The van der Waals surface area contributed by atoms with Crippen LogP contribution in [0.1, 0.15) is 36.7 Å². The summed E-state index contributed by atoms with van der Waals surface area (Å²) in [4.78, 5) is 14.6. The smallest absolute Gasteiger partial charge is 0.153 e. The van der Waals surface area contributed by atoms with Crippen molar-refractivity contribution in [1.29, 1.82) is 0 Å². The van der Waals surface area contributed by atoms with E-state index in [4.69, 9.17) is 11.6 Å². The number of aldehydes is 1. The zero-order chi connectivity index (χ0) is 10.1. The summed E-state index contributed by atoms with van der Waals surface area (Å²) in [5.41, 5.74) is 1.35. The van der Waals surface area contributed by atoms with Crippen molar-refractivity contribution < 1.29 is 4.79 Å². The highest BCUT2D eigenvalue weighted by Gasteiger charge is 2.19. The Morgan fingerprint density at radius 3 is 2.46 bits per heavy atom. The first-order valence-corrected chi connectivity index (χ1v) is 4.45. The Morgan fingerprint density at radius 2 is 2.08 bits per heavy atom. The zero-order valence-corrected chi connectivity index (χ0v) is 8.72. The van der Waals surface area contributed by atoms with Crippen molar-refractivity contribution >= 4 is 17.9 Å². The molecule has 1 heterocycles. The number of carbonyl (C=O) groups excluding carboxylic acids is 1. The average Bonchev–Trinajstić information content (AvgIpc) is 2.02. The molecule has 0 unspecified atom stereocenters. The van der Waals surface area contributed by atoms with Crippen LogP contribution < -0.4 is 0 Å². The second-order valence-electron chi connectivity index (χ2n) is 3.93. The molecule has 1 rings (SSSR count). The first-order valence-electron chi connectivity index (χ1n) is 4.07. The molecule has 13 heavy (non-hydrogen) atoms. The van der Waals surface area contributed by atoms with Gasteiger partial charge in [0.25, 0.3) is 0 Å². The van der Waals surface area contributed by atoms with Gasteiger partial charge < -0.3 is 0 Å². The summed E-state index contributed by atoms with van der Waals surface area (Å²) < 4.78 is 0. The van der Waals surface area contributed by atoms with Crippen LogP contribution in [0.2, 0.25) is 5.15 Å². The number of rotatable bonds is 1. The van der Waals surface area contributed by atoms with Crippen LogP contribution in [0.3, 0.4) is 0 Å². The first-order chi connectivity index (χ1) is 5.96. The highest BCUT2D eigenvalue weighted by Crippen LogP contribution is 2.27. The zero-order valence-electron chi connectivity index (χ0n) is 7.97. The maximum absolute atomic E-state index is 10.8. The van der Waals surface area contributed by atoms with Crippen LogP contribution in [-0.4, -0.2) is 11.3 Å². The summed E-state index contributed by atoms with van der Waals surface area (Å²) in [5.74, 6) is 0. The summed E-state index contributed by atoms with van der Waals surface area (Å²) >= 11 is 5.79. The molecule has 0 N–H and O–H groups in total. The molecule has 0 saturated heterocycles. The molecule has 0 aliphatic carbocycles. The molecule has 70 valence electrons. The molecule has 0 radical (unpaired) electrons. The Morgan fingerprint density at radius 1 is 1.46 bits per heavy atom. The molecule has 0 aliphatic heterocycles. The van der Waals surface area contributed by atoms with E-state index in [1.165, 1.54) is 0 Å². The fourth-order valence-electron chi connectivity index (χ4n) is 1.21. The normalized spacial score (nSPS) is 11.4. The van der Waals surface area contributed by atoms with Crippen molar-refractivity contribution in [3.63, 3.8) is 0 Å². The van der Waals surface area contributed by atoms with Gasteiger partial charge in [-0.15, -0.1) is 0 Å². The van der Waals surface area contributed by atoms with Gasteiger partial charge in [-0.05, 0) is 17.0 Å². The third kappa shape index (κ3) is 2.07. The van der Waals surface area contributed by atoms with Crippen molar-refractivity contribution in [2.24, 2.45) is 0 Å². The Hall–Kier alpha value is -0.890. The third-order valence-corrected chi connectivity index (χ3v) is 2.17. The number of nitrogens with zero attached hydrogens (tertiary/aromatic N) is 1. The van der Waals surface area contributed by atoms with Crippen molar-refractivity contribution in [2.75, 3.05) is 0 Å². The van der Waals surface area contributed by atoms with E-state index in [1.54, 1.807) is 6.20 Å². The fourth-order valence-corrected chi connectivity index (χ4v) is 1.42. The van der Waals surface area contributed by atoms with Gasteiger partial charge in [0.15, 0.2) is 6.29 Å². The number of hydrogen-bond acceptors (Lipinski definition) is 2. The van der Waals surface area contributed by atoms with Gasteiger partial charge in [0.2, 0.25) is 0 Å². The molecule has 0 atom stereocenters. The van der Waals surface area contributed by atoms with E-state index in [1.807, 2.05) is 26.8 Å². The Labute approximate surface area is 82.9 Å². The van der Waals surface area contributed by atoms with Crippen LogP contribution in [0, 0.1) is 0 Å². The number of carbonyl (C=O) groups is 1. The van der Waals surface area contributed by atoms with Gasteiger partial charge in [-0.25, -0.2) is 4.98 Å². The Balaban J connectivity index is 3.37. The van der Waals surface area contributed by atoms with E-state index in [9.17, 15) is 4.79 Å². The topological polar surface area (TPSA) is 30.0 Å². The summed E-state index contributed by atoms with van der Waals surface area (Å²) in [5, 5.41) is 0.280. The van der Waals surface area contributed by atoms with Crippen molar-refractivity contribution in [1.82, 2.24) is 4.98 Å². The molecule has 0 fully saturated rings. The maximum atomic E-state index is 10.8. The molecule has 0 amide bonds. The van der Waals surface area contributed by atoms with E-state index in [0.29, 0.717) is 5.56 Å². The van der Waals surface area contributed by atoms with Crippen LogP contribution in [0.15, 0.2) is 12.3 Å². The Bertz CT molecular complexity index is 328. The minimum Gasteiger partial charge on any atom is -0.298 e. The summed E-state index contributed by atoms with van der Waals surface area (Å²) in [7, 11) is 0. The van der Waals surface area contributed by atoms with Crippen LogP contribution in [-0.2, 0) is 5.41 Å². The second kappa shape index (κ2) is 3.46. The lowest BCUT2D eigenvalue weighted by Crippen LogP contribution is -2.14. The van der Waals surface area contributed by atoms with Crippen molar-refractivity contribution in [3.05, 3.63) is 28.5 Å². The lowest BCUT2D eigenvalue weighted by Gasteiger charge is -2.20. The van der Waals surface area contributed by atoms with Crippen molar-refractivity contribution in [3.8, 4) is 0 Å². The van der Waals surface area contributed by atoms with Crippen LogP contribution in [0.4, 0.5) is 0 Å². The molecule has 2 nitrogen and oxygen atoms in total. The lowest BCUT2D eigenvalue weighted by molar-refractivity contribution is 0.112. The van der Waals surface area contributed by atoms with Crippen molar-refractivity contribution in [2.45, 2.75) is 26.2 Å². The van der Waals surface area contributed by atoms with Crippen LogP contribution in [0.5, 0.6) is 0 Å². The van der Waals surface area contributed by atoms with Gasteiger partial charge in [0.05, 0.1) is 5.56 Å². The fraction of sp³-hybridized carbons (Fsp3) is 0.400. The number of aromatic nitrogens is 1. The van der Waals surface area contributed by atoms with Crippen LogP contribution >= 0.6 is 11.6 Å². The summed E-state index contributed by atoms with van der Waals surface area (Å²) in [6.07, 6.45) is 2.38. The molecule has 0 saturated carbocycles. The van der Waals surface area contributed by atoms with Gasteiger partial charge in [-0.2, -0.15) is 0 Å². The van der Waals surface area contributed by atoms with Gasteiger partial charge >= 0.3 is 0 Å². The monoisotopic (exact) mass is 197 g/mol. The molecule has 1 aromatic heterocycles. The minimum atomic E-state index is -0.0805. The number of halogens is 1. The van der Waals surface area contributed by atoms with E-state index in [2.05, 4.69) is 4.98 Å². The lowest BCUT2D eigenvalue weighted by atomic mass is 9.85. The van der Waals surface area contributed by atoms with E-state index in [-0.39, 0.29) is 10.6 Å². The summed E-state index contributed by atoms with van der Waals surface area (Å²) in [6, 6.07) is 1.83. The Kier molecular flexibility index (Phi) is 2.71. The van der Waals surface area contributed by atoms with Gasteiger partial charge in [0.1, 0.15) is 5.15 Å². The first kappa shape index (κ1) is 10.2. The molecule has 3 heteroatoms. The predicted octanol–water partition coefficient (Wildman–Crippen LogP) is 2.85. The standard InChI is InChI=1S/C10H12ClNO/c1-10(2,3)8-4-5-12-9(11)7(8)6-13/h4-6H,1-3H3. The highest BCUT2D eigenvalue weighted by atomic mass is 35.5. The van der Waals surface area contributed by atoms with E-state index >= 15 is 0 Å². The summed E-state index contributed by atoms with van der Waals surface area (Å²) in [6.45, 7) is 6.10. The number of hydrogen-bond donors (Lipinski definition) is 0. The quantitative estimate of drug-likeness (QED) is 0.512. The molecule has 0 aliphatic rings. The van der Waals surface area contributed by atoms with Gasteiger partial charge in [-0.1, -0.05) is 32.4 Å². The van der Waals surface area contributed by atoms with Gasteiger partial charge in [-0.3, -0.25) is 4.79 Å². The molecular weight excluding hydrogens is 186 g/mol. The largest absolute Gasteiger partial charge is 0.298 e. The second-order valence-corrected chi connectivity index (χ2v) is 4.29. The molecule has 0 bridgehead atoms. The van der Waals surface area contributed by atoms with E-state index < -0.39 is 0 Å². The van der Waals surface area contributed by atoms with Gasteiger partial charge in [0, 0.05) is 6.20 Å². The van der Waals surface area contributed by atoms with E-state index in [0.717, 1.165) is 11.8 Å². The van der Waals surface area contributed by atoms with Crippen LogP contribution in [0.25, 0.3) is 0 Å². The molecular formula is C10H12ClNO. The molecule has 0 spiro atoms. The average molecular weight is 198 g/mol. The SMILES string of the molecule is CC(C)(C)c1ccnc(Cl)c1C=O. The number of pyridine rings is 1. The highest BCUT2D eigenvalue weighted by molar-refractivity contribution is 6.31. The molecule has 0 aromatic carbocycles. The maximum Gasteiger partial charge on any atom is 0.153 e. The third-order valence-electron chi connectivity index (χ3n) is 1.87. The minimum absolute atomic E-state index is 0.0805.